The Morgan fingerprint density at radius 3 is 2.56 bits per heavy atom. The summed E-state index contributed by atoms with van der Waals surface area (Å²) in [5.74, 6) is 1.74. The minimum Gasteiger partial charge on any atom is -0.494 e. The SMILES string of the molecule is CCOc1ccc([C@H](c2c(NC(=O)c3ccco3)sc(C)c2C)N2CCC(C)CC2)cc1. The topological polar surface area (TPSA) is 54.7 Å². The van der Waals surface area contributed by atoms with Gasteiger partial charge >= 0.3 is 0 Å². The summed E-state index contributed by atoms with van der Waals surface area (Å²) in [6.07, 6.45) is 3.89. The zero-order valence-electron chi connectivity index (χ0n) is 19.3. The smallest absolute Gasteiger partial charge is 0.291 e. The summed E-state index contributed by atoms with van der Waals surface area (Å²) >= 11 is 1.64. The normalized spacial score (nSPS) is 16.1. The van der Waals surface area contributed by atoms with Crippen molar-refractivity contribution in [1.82, 2.24) is 4.90 Å². The number of amides is 1. The fourth-order valence-electron chi connectivity index (χ4n) is 4.40. The van der Waals surface area contributed by atoms with Crippen LogP contribution in [0.3, 0.4) is 0 Å². The molecule has 4 rings (SSSR count). The first-order valence-corrected chi connectivity index (χ1v) is 12.2. The molecule has 1 aliphatic rings. The summed E-state index contributed by atoms with van der Waals surface area (Å²) in [6, 6.07) is 11.9. The average Bonchev–Trinajstić information content (AvgIpc) is 3.41. The minimum atomic E-state index is -0.213. The number of anilines is 1. The van der Waals surface area contributed by atoms with Gasteiger partial charge in [0, 0.05) is 10.4 Å². The van der Waals surface area contributed by atoms with E-state index in [4.69, 9.17) is 9.15 Å². The molecule has 0 unspecified atom stereocenters. The Kier molecular flexibility index (Phi) is 7.01. The van der Waals surface area contributed by atoms with Crippen molar-refractivity contribution in [1.29, 1.82) is 0 Å². The zero-order chi connectivity index (χ0) is 22.7. The lowest BCUT2D eigenvalue weighted by atomic mass is 9.91. The van der Waals surface area contributed by atoms with E-state index >= 15 is 0 Å². The van der Waals surface area contributed by atoms with Crippen molar-refractivity contribution < 1.29 is 13.9 Å². The van der Waals surface area contributed by atoms with Crippen LogP contribution >= 0.6 is 11.3 Å². The second kappa shape index (κ2) is 9.92. The molecule has 1 N–H and O–H groups in total. The number of furan rings is 1. The van der Waals surface area contributed by atoms with Gasteiger partial charge in [-0.25, -0.2) is 0 Å². The predicted octanol–water partition coefficient (Wildman–Crippen LogP) is 6.43. The lowest BCUT2D eigenvalue weighted by Gasteiger charge is -2.38. The third kappa shape index (κ3) is 4.76. The highest BCUT2D eigenvalue weighted by Crippen LogP contribution is 2.43. The van der Waals surface area contributed by atoms with Crippen molar-refractivity contribution >= 4 is 22.2 Å². The summed E-state index contributed by atoms with van der Waals surface area (Å²) in [5.41, 5.74) is 3.64. The number of benzene rings is 1. The second-order valence-electron chi connectivity index (χ2n) is 8.58. The maximum Gasteiger partial charge on any atom is 0.291 e. The average molecular weight is 453 g/mol. The van der Waals surface area contributed by atoms with Gasteiger partial charge in [-0.3, -0.25) is 9.69 Å². The van der Waals surface area contributed by atoms with E-state index in [1.54, 1.807) is 23.5 Å². The Morgan fingerprint density at radius 1 is 1.22 bits per heavy atom. The molecule has 1 saturated heterocycles. The molecule has 1 aromatic carbocycles. The molecule has 170 valence electrons. The molecule has 0 saturated carbocycles. The Hall–Kier alpha value is -2.57. The van der Waals surface area contributed by atoms with Crippen LogP contribution in [0.1, 0.15) is 64.9 Å². The molecule has 2 aromatic heterocycles. The first-order chi connectivity index (χ1) is 15.5. The van der Waals surface area contributed by atoms with E-state index in [2.05, 4.69) is 43.1 Å². The number of ether oxygens (including phenoxy) is 1. The lowest BCUT2D eigenvalue weighted by molar-refractivity contribution is 0.0996. The van der Waals surface area contributed by atoms with Crippen LogP contribution in [0.15, 0.2) is 47.1 Å². The molecule has 5 nitrogen and oxygen atoms in total. The summed E-state index contributed by atoms with van der Waals surface area (Å²) in [6.45, 7) is 11.4. The molecule has 6 heteroatoms. The molecule has 0 radical (unpaired) electrons. The molecule has 1 aliphatic heterocycles. The monoisotopic (exact) mass is 452 g/mol. The number of thiophene rings is 1. The van der Waals surface area contributed by atoms with Gasteiger partial charge in [-0.15, -0.1) is 11.3 Å². The highest BCUT2D eigenvalue weighted by molar-refractivity contribution is 7.16. The van der Waals surface area contributed by atoms with Crippen molar-refractivity contribution in [2.75, 3.05) is 25.0 Å². The Labute approximate surface area is 194 Å². The third-order valence-electron chi connectivity index (χ3n) is 6.37. The molecule has 0 aliphatic carbocycles. The van der Waals surface area contributed by atoms with Gasteiger partial charge in [0.25, 0.3) is 5.91 Å². The molecule has 1 fully saturated rings. The molecule has 1 amide bonds. The van der Waals surface area contributed by atoms with Crippen LogP contribution in [0.5, 0.6) is 5.75 Å². The van der Waals surface area contributed by atoms with Crippen molar-refractivity contribution in [3.63, 3.8) is 0 Å². The zero-order valence-corrected chi connectivity index (χ0v) is 20.1. The van der Waals surface area contributed by atoms with E-state index in [9.17, 15) is 4.79 Å². The maximum absolute atomic E-state index is 12.8. The second-order valence-corrected chi connectivity index (χ2v) is 9.81. The molecular weight excluding hydrogens is 420 g/mol. The van der Waals surface area contributed by atoms with Crippen LogP contribution in [0.4, 0.5) is 5.00 Å². The van der Waals surface area contributed by atoms with Crippen LogP contribution in [0, 0.1) is 19.8 Å². The van der Waals surface area contributed by atoms with E-state index < -0.39 is 0 Å². The van der Waals surface area contributed by atoms with Crippen molar-refractivity contribution in [2.24, 2.45) is 5.92 Å². The highest BCUT2D eigenvalue weighted by atomic mass is 32.1. The van der Waals surface area contributed by atoms with Crippen LogP contribution in [0.2, 0.25) is 0 Å². The number of hydrogen-bond acceptors (Lipinski definition) is 5. The molecular formula is C26H32N2O3S. The molecule has 3 aromatic rings. The first kappa shape index (κ1) is 22.6. The highest BCUT2D eigenvalue weighted by Gasteiger charge is 2.31. The van der Waals surface area contributed by atoms with Crippen molar-refractivity contribution in [3.8, 4) is 5.75 Å². The van der Waals surface area contributed by atoms with E-state index in [-0.39, 0.29) is 11.9 Å². The molecule has 32 heavy (non-hydrogen) atoms. The number of likely N-dealkylation sites (tertiary alicyclic amines) is 1. The van der Waals surface area contributed by atoms with Crippen LogP contribution < -0.4 is 10.1 Å². The summed E-state index contributed by atoms with van der Waals surface area (Å²) < 4.78 is 11.0. The number of piperidine rings is 1. The van der Waals surface area contributed by atoms with Crippen molar-refractivity contribution in [3.05, 3.63) is 70.0 Å². The quantitative estimate of drug-likeness (QED) is 0.449. The summed E-state index contributed by atoms with van der Waals surface area (Å²) in [7, 11) is 0. The number of carbonyl (C=O) groups is 1. The molecule has 1 atom stereocenters. The van der Waals surface area contributed by atoms with Crippen LogP contribution in [0.25, 0.3) is 0 Å². The van der Waals surface area contributed by atoms with Gasteiger partial charge in [0.1, 0.15) is 10.8 Å². The largest absolute Gasteiger partial charge is 0.494 e. The number of hydrogen-bond donors (Lipinski definition) is 1. The van der Waals surface area contributed by atoms with Gasteiger partial charge < -0.3 is 14.5 Å². The van der Waals surface area contributed by atoms with Gasteiger partial charge in [-0.1, -0.05) is 19.1 Å². The Morgan fingerprint density at radius 2 is 1.94 bits per heavy atom. The molecule has 0 spiro atoms. The number of nitrogens with one attached hydrogen (secondary N) is 1. The number of nitrogens with zero attached hydrogens (tertiary/aromatic N) is 1. The van der Waals surface area contributed by atoms with E-state index in [0.29, 0.717) is 12.4 Å². The Balaban J connectivity index is 1.74. The lowest BCUT2D eigenvalue weighted by Crippen LogP contribution is -2.37. The molecule has 3 heterocycles. The van der Waals surface area contributed by atoms with Gasteiger partial charge in [-0.2, -0.15) is 0 Å². The van der Waals surface area contributed by atoms with Gasteiger partial charge in [0.2, 0.25) is 0 Å². The van der Waals surface area contributed by atoms with Crippen LogP contribution in [-0.4, -0.2) is 30.5 Å². The molecule has 0 bridgehead atoms. The number of rotatable bonds is 7. The minimum absolute atomic E-state index is 0.0787. The Bertz CT molecular complexity index is 1030. The van der Waals surface area contributed by atoms with Gasteiger partial charge in [0.15, 0.2) is 5.76 Å². The fourth-order valence-corrected chi connectivity index (χ4v) is 5.49. The van der Waals surface area contributed by atoms with E-state index in [1.807, 2.05) is 19.1 Å². The van der Waals surface area contributed by atoms with Gasteiger partial charge in [0.05, 0.1) is 18.9 Å². The third-order valence-corrected chi connectivity index (χ3v) is 7.51. The van der Waals surface area contributed by atoms with Crippen molar-refractivity contribution in [2.45, 2.75) is 46.6 Å². The maximum atomic E-state index is 12.8. The van der Waals surface area contributed by atoms with E-state index in [1.165, 1.54) is 40.7 Å². The predicted molar refractivity (Wildman–Crippen MR) is 130 cm³/mol. The van der Waals surface area contributed by atoms with Gasteiger partial charge in [-0.05, 0) is 88.0 Å². The fraction of sp³-hybridized carbons (Fsp3) is 0.423. The first-order valence-electron chi connectivity index (χ1n) is 11.4. The summed E-state index contributed by atoms with van der Waals surface area (Å²) in [5, 5.41) is 4.04. The van der Waals surface area contributed by atoms with E-state index in [0.717, 1.165) is 29.8 Å². The summed E-state index contributed by atoms with van der Waals surface area (Å²) in [4.78, 5) is 16.6. The number of carbonyl (C=O) groups excluding carboxylic acids is 1. The van der Waals surface area contributed by atoms with Crippen LogP contribution in [-0.2, 0) is 0 Å². The number of aryl methyl sites for hydroxylation is 1. The standard InChI is InChI=1S/C26H32N2O3S/c1-5-30-21-10-8-20(9-11-21)24(28-14-12-17(2)13-15-28)23-18(3)19(4)32-26(23)27-25(29)22-7-6-16-31-22/h6-11,16-17,24H,5,12-15H2,1-4H3,(H,27,29)/t24-/m1/s1.